The predicted octanol–water partition coefficient (Wildman–Crippen LogP) is 6.06. The molecule has 2 aromatic rings. The topological polar surface area (TPSA) is 61.8 Å². The van der Waals surface area contributed by atoms with Crippen molar-refractivity contribution >= 4 is 11.9 Å². The Kier molecular flexibility index (Phi) is 9.79. The van der Waals surface area contributed by atoms with Gasteiger partial charge in [0.05, 0.1) is 18.8 Å². The highest BCUT2D eigenvalue weighted by atomic mass is 19.4. The maximum atomic E-state index is 12.8. The first kappa shape index (κ1) is 27.8. The second-order valence-electron chi connectivity index (χ2n) is 7.74. The lowest BCUT2D eigenvalue weighted by Gasteiger charge is -2.19. The van der Waals surface area contributed by atoms with Gasteiger partial charge in [-0.2, -0.15) is 22.0 Å². The minimum absolute atomic E-state index is 0.132. The Morgan fingerprint density at radius 1 is 0.857 bits per heavy atom. The molecule has 0 spiro atoms. The standard InChI is InChI=1S/C25H25F5O5/c1-17(2)22(31)34-15-12-18-6-10-21(11-7-18)35-16-19-4-8-20(9-5-19)23(32)33-14-3-13-24(26,27)25(28,29)30/h4-11H,1,3,12-16H2,2H3. The summed E-state index contributed by atoms with van der Waals surface area (Å²) in [5.74, 6) is -5.47. The van der Waals surface area contributed by atoms with Crippen molar-refractivity contribution in [1.29, 1.82) is 0 Å². The van der Waals surface area contributed by atoms with E-state index in [0.29, 0.717) is 17.7 Å². The van der Waals surface area contributed by atoms with Gasteiger partial charge in [0.25, 0.3) is 0 Å². The summed E-state index contributed by atoms with van der Waals surface area (Å²) >= 11 is 0. The van der Waals surface area contributed by atoms with Crippen molar-refractivity contribution in [2.75, 3.05) is 13.2 Å². The van der Waals surface area contributed by atoms with E-state index in [-0.39, 0.29) is 18.8 Å². The van der Waals surface area contributed by atoms with Crippen LogP contribution in [0.15, 0.2) is 60.7 Å². The highest BCUT2D eigenvalue weighted by molar-refractivity contribution is 5.89. The Hall–Kier alpha value is -3.43. The van der Waals surface area contributed by atoms with Crippen LogP contribution in [0.1, 0.15) is 41.3 Å². The zero-order valence-corrected chi connectivity index (χ0v) is 19.0. The second-order valence-corrected chi connectivity index (χ2v) is 7.74. The number of halogens is 5. The first-order valence-electron chi connectivity index (χ1n) is 10.6. The third kappa shape index (κ3) is 9.03. The molecule has 0 amide bonds. The number of esters is 2. The Labute approximate surface area is 199 Å². The van der Waals surface area contributed by atoms with Gasteiger partial charge < -0.3 is 14.2 Å². The second kappa shape index (κ2) is 12.3. The van der Waals surface area contributed by atoms with E-state index in [1.54, 1.807) is 31.2 Å². The monoisotopic (exact) mass is 500 g/mol. The number of rotatable bonds is 12. The molecule has 0 saturated carbocycles. The van der Waals surface area contributed by atoms with Crippen LogP contribution in [-0.2, 0) is 27.3 Å². The zero-order chi connectivity index (χ0) is 26.1. The molecule has 0 saturated heterocycles. The van der Waals surface area contributed by atoms with E-state index >= 15 is 0 Å². The zero-order valence-electron chi connectivity index (χ0n) is 19.0. The summed E-state index contributed by atoms with van der Waals surface area (Å²) in [7, 11) is 0. The van der Waals surface area contributed by atoms with Crippen molar-refractivity contribution in [3.05, 3.63) is 77.4 Å². The van der Waals surface area contributed by atoms with Gasteiger partial charge in [0.15, 0.2) is 0 Å². The van der Waals surface area contributed by atoms with E-state index in [0.717, 1.165) is 11.1 Å². The fraction of sp³-hybridized carbons (Fsp3) is 0.360. The number of alkyl halides is 5. The molecule has 0 aliphatic rings. The van der Waals surface area contributed by atoms with E-state index in [1.807, 2.05) is 12.1 Å². The molecule has 0 atom stereocenters. The van der Waals surface area contributed by atoms with Crippen molar-refractivity contribution < 1.29 is 45.8 Å². The lowest BCUT2D eigenvalue weighted by Crippen LogP contribution is -2.36. The van der Waals surface area contributed by atoms with Gasteiger partial charge in [-0.15, -0.1) is 0 Å². The van der Waals surface area contributed by atoms with Crippen LogP contribution in [0.3, 0.4) is 0 Å². The third-order valence-electron chi connectivity index (χ3n) is 4.77. The first-order chi connectivity index (χ1) is 16.4. The molecule has 35 heavy (non-hydrogen) atoms. The Morgan fingerprint density at radius 3 is 2.03 bits per heavy atom. The van der Waals surface area contributed by atoms with Crippen molar-refractivity contribution in [3.63, 3.8) is 0 Å². The lowest BCUT2D eigenvalue weighted by atomic mass is 10.1. The maximum Gasteiger partial charge on any atom is 0.453 e. The van der Waals surface area contributed by atoms with Crippen LogP contribution < -0.4 is 4.74 Å². The smallest absolute Gasteiger partial charge is 0.453 e. The van der Waals surface area contributed by atoms with Gasteiger partial charge in [-0.05, 0) is 48.7 Å². The molecule has 0 fully saturated rings. The largest absolute Gasteiger partial charge is 0.489 e. The molecule has 10 heteroatoms. The molecule has 0 aromatic heterocycles. The van der Waals surface area contributed by atoms with E-state index in [4.69, 9.17) is 14.2 Å². The van der Waals surface area contributed by atoms with Crippen molar-refractivity contribution in [2.45, 2.75) is 44.9 Å². The fourth-order valence-corrected chi connectivity index (χ4v) is 2.72. The fourth-order valence-electron chi connectivity index (χ4n) is 2.72. The molecule has 0 aliphatic heterocycles. The van der Waals surface area contributed by atoms with Crippen LogP contribution in [0.2, 0.25) is 0 Å². The molecule has 0 N–H and O–H groups in total. The van der Waals surface area contributed by atoms with E-state index in [9.17, 15) is 31.5 Å². The number of hydrogen-bond donors (Lipinski definition) is 0. The molecular weight excluding hydrogens is 475 g/mol. The Bertz CT molecular complexity index is 998. The van der Waals surface area contributed by atoms with Crippen molar-refractivity contribution in [3.8, 4) is 5.75 Å². The molecule has 190 valence electrons. The van der Waals surface area contributed by atoms with Crippen molar-refractivity contribution in [1.82, 2.24) is 0 Å². The summed E-state index contributed by atoms with van der Waals surface area (Å²) < 4.78 is 77.5. The van der Waals surface area contributed by atoms with Gasteiger partial charge in [-0.1, -0.05) is 30.8 Å². The van der Waals surface area contributed by atoms with E-state index < -0.39 is 43.5 Å². The van der Waals surface area contributed by atoms with Crippen LogP contribution in [-0.4, -0.2) is 37.3 Å². The molecule has 0 unspecified atom stereocenters. The summed E-state index contributed by atoms with van der Waals surface area (Å²) in [6, 6.07) is 13.3. The van der Waals surface area contributed by atoms with Crippen LogP contribution >= 0.6 is 0 Å². The van der Waals surface area contributed by atoms with Gasteiger partial charge in [-0.3, -0.25) is 0 Å². The minimum Gasteiger partial charge on any atom is -0.489 e. The summed E-state index contributed by atoms with van der Waals surface area (Å²) in [5.41, 5.74) is 2.16. The van der Waals surface area contributed by atoms with Gasteiger partial charge >= 0.3 is 24.0 Å². The summed E-state index contributed by atoms with van der Waals surface area (Å²) in [6.45, 7) is 4.98. The lowest BCUT2D eigenvalue weighted by molar-refractivity contribution is -0.284. The number of carbonyl (C=O) groups excluding carboxylic acids is 2. The SMILES string of the molecule is C=C(C)C(=O)OCCc1ccc(OCc2ccc(C(=O)OCCCC(F)(F)C(F)(F)F)cc2)cc1. The molecular formula is C25H25F5O5. The molecule has 2 rings (SSSR count). The molecule has 0 heterocycles. The van der Waals surface area contributed by atoms with Crippen LogP contribution in [0.5, 0.6) is 5.75 Å². The summed E-state index contributed by atoms with van der Waals surface area (Å²) in [4.78, 5) is 23.3. The first-order valence-corrected chi connectivity index (χ1v) is 10.6. The Balaban J connectivity index is 1.74. The van der Waals surface area contributed by atoms with Crippen molar-refractivity contribution in [2.24, 2.45) is 0 Å². The highest BCUT2D eigenvalue weighted by Gasteiger charge is 2.56. The molecule has 5 nitrogen and oxygen atoms in total. The molecule has 0 radical (unpaired) electrons. The minimum atomic E-state index is -5.63. The van der Waals surface area contributed by atoms with Gasteiger partial charge in [-0.25, -0.2) is 9.59 Å². The molecule has 0 aliphatic carbocycles. The number of hydrogen-bond acceptors (Lipinski definition) is 5. The number of carbonyl (C=O) groups is 2. The van der Waals surface area contributed by atoms with Crippen LogP contribution in [0.4, 0.5) is 22.0 Å². The summed E-state index contributed by atoms with van der Waals surface area (Å²) in [5, 5.41) is 0. The average molecular weight is 500 g/mol. The average Bonchev–Trinajstić information content (AvgIpc) is 2.80. The van der Waals surface area contributed by atoms with Gasteiger partial charge in [0.1, 0.15) is 12.4 Å². The summed E-state index contributed by atoms with van der Waals surface area (Å²) in [6.07, 6.45) is -7.16. The predicted molar refractivity (Wildman–Crippen MR) is 117 cm³/mol. The van der Waals surface area contributed by atoms with E-state index in [2.05, 4.69) is 6.58 Å². The third-order valence-corrected chi connectivity index (χ3v) is 4.77. The molecule has 0 bridgehead atoms. The van der Waals surface area contributed by atoms with Crippen LogP contribution in [0.25, 0.3) is 0 Å². The van der Waals surface area contributed by atoms with Gasteiger partial charge in [0, 0.05) is 18.4 Å². The molecule has 2 aromatic carbocycles. The highest BCUT2D eigenvalue weighted by Crippen LogP contribution is 2.38. The van der Waals surface area contributed by atoms with E-state index in [1.165, 1.54) is 12.1 Å². The maximum absolute atomic E-state index is 12.8. The van der Waals surface area contributed by atoms with Gasteiger partial charge in [0.2, 0.25) is 0 Å². The number of benzene rings is 2. The quantitative estimate of drug-likeness (QED) is 0.153. The normalized spacial score (nSPS) is 11.6. The van der Waals surface area contributed by atoms with Crippen LogP contribution in [0, 0.1) is 0 Å². The Morgan fingerprint density at radius 2 is 1.46 bits per heavy atom. The number of ether oxygens (including phenoxy) is 3.